The summed E-state index contributed by atoms with van der Waals surface area (Å²) in [6, 6.07) is 5.26. The van der Waals surface area contributed by atoms with Crippen LogP contribution in [-0.2, 0) is 0 Å². The molecule has 0 fully saturated rings. The standard InChI is InChI=1S/C14H20F2N2O3/c1-9(2)14(3,20)8-17-13(19)18-10-6-4-5-7-11(10)21-12(15)16/h4-7,9,12,20H,8H2,1-3H3,(H2,17,18,19). The van der Waals surface area contributed by atoms with E-state index in [0.29, 0.717) is 0 Å². The monoisotopic (exact) mass is 302 g/mol. The van der Waals surface area contributed by atoms with Crippen LogP contribution < -0.4 is 15.4 Å². The van der Waals surface area contributed by atoms with Gasteiger partial charge in [0.25, 0.3) is 0 Å². The van der Waals surface area contributed by atoms with Crippen molar-refractivity contribution >= 4 is 11.7 Å². The highest BCUT2D eigenvalue weighted by atomic mass is 19.3. The molecule has 0 heterocycles. The third-order valence-corrected chi connectivity index (χ3v) is 3.20. The summed E-state index contributed by atoms with van der Waals surface area (Å²) in [5.41, 5.74) is -0.935. The van der Waals surface area contributed by atoms with E-state index in [-0.39, 0.29) is 23.9 Å². The van der Waals surface area contributed by atoms with Crippen molar-refractivity contribution in [2.24, 2.45) is 5.92 Å². The van der Waals surface area contributed by atoms with Crippen molar-refractivity contribution in [2.75, 3.05) is 11.9 Å². The Morgan fingerprint density at radius 2 is 2.00 bits per heavy atom. The first kappa shape index (κ1) is 17.2. The van der Waals surface area contributed by atoms with Gasteiger partial charge in [-0.15, -0.1) is 0 Å². The van der Waals surface area contributed by atoms with Crippen molar-refractivity contribution in [3.63, 3.8) is 0 Å². The van der Waals surface area contributed by atoms with E-state index in [1.807, 2.05) is 13.8 Å². The molecule has 1 aromatic carbocycles. The lowest BCUT2D eigenvalue weighted by Gasteiger charge is -2.27. The fraction of sp³-hybridized carbons (Fsp3) is 0.500. The number of amides is 2. The van der Waals surface area contributed by atoms with Crippen molar-refractivity contribution in [1.82, 2.24) is 5.32 Å². The van der Waals surface area contributed by atoms with Crippen LogP contribution in [0.25, 0.3) is 0 Å². The Morgan fingerprint density at radius 3 is 2.57 bits per heavy atom. The normalized spacial score (nSPS) is 13.9. The number of anilines is 1. The number of aliphatic hydroxyl groups is 1. The van der Waals surface area contributed by atoms with Crippen molar-refractivity contribution < 1.29 is 23.4 Å². The van der Waals surface area contributed by atoms with E-state index in [9.17, 15) is 18.7 Å². The van der Waals surface area contributed by atoms with Crippen LogP contribution in [0.5, 0.6) is 5.75 Å². The first-order chi connectivity index (χ1) is 9.72. The average molecular weight is 302 g/mol. The van der Waals surface area contributed by atoms with Gasteiger partial charge in [0, 0.05) is 6.54 Å². The number of halogens is 2. The fourth-order valence-electron chi connectivity index (χ4n) is 1.40. The molecule has 1 rings (SSSR count). The second-order valence-corrected chi connectivity index (χ2v) is 5.19. The minimum atomic E-state index is -2.97. The van der Waals surface area contributed by atoms with E-state index in [1.54, 1.807) is 13.0 Å². The zero-order chi connectivity index (χ0) is 16.0. The van der Waals surface area contributed by atoms with Crippen LogP contribution in [0.4, 0.5) is 19.3 Å². The quantitative estimate of drug-likeness (QED) is 0.756. The van der Waals surface area contributed by atoms with Crippen LogP contribution in [0, 0.1) is 5.92 Å². The lowest BCUT2D eigenvalue weighted by molar-refractivity contribution is -0.0493. The van der Waals surface area contributed by atoms with Gasteiger partial charge in [0.15, 0.2) is 0 Å². The number of ether oxygens (including phenoxy) is 1. The van der Waals surface area contributed by atoms with Crippen LogP contribution in [0.15, 0.2) is 24.3 Å². The maximum absolute atomic E-state index is 12.2. The summed E-state index contributed by atoms with van der Waals surface area (Å²) in [6.45, 7) is 2.31. The van der Waals surface area contributed by atoms with E-state index in [1.165, 1.54) is 18.2 Å². The Morgan fingerprint density at radius 1 is 1.38 bits per heavy atom. The molecule has 0 spiro atoms. The SMILES string of the molecule is CC(C)C(C)(O)CNC(=O)Nc1ccccc1OC(F)F. The summed E-state index contributed by atoms with van der Waals surface area (Å²) in [6.07, 6.45) is 0. The van der Waals surface area contributed by atoms with E-state index >= 15 is 0 Å². The Balaban J connectivity index is 2.63. The van der Waals surface area contributed by atoms with Gasteiger partial charge in [-0.1, -0.05) is 26.0 Å². The molecular formula is C14H20F2N2O3. The van der Waals surface area contributed by atoms with Gasteiger partial charge in [-0.25, -0.2) is 4.79 Å². The zero-order valence-electron chi connectivity index (χ0n) is 12.2. The molecule has 5 nitrogen and oxygen atoms in total. The molecule has 0 radical (unpaired) electrons. The van der Waals surface area contributed by atoms with Gasteiger partial charge in [-0.3, -0.25) is 0 Å². The number of benzene rings is 1. The van der Waals surface area contributed by atoms with Crippen molar-refractivity contribution in [3.8, 4) is 5.75 Å². The van der Waals surface area contributed by atoms with Crippen molar-refractivity contribution in [3.05, 3.63) is 24.3 Å². The van der Waals surface area contributed by atoms with Gasteiger partial charge in [0.2, 0.25) is 0 Å². The zero-order valence-corrected chi connectivity index (χ0v) is 12.2. The second-order valence-electron chi connectivity index (χ2n) is 5.19. The molecule has 21 heavy (non-hydrogen) atoms. The highest BCUT2D eigenvalue weighted by Crippen LogP contribution is 2.25. The Bertz CT molecular complexity index is 479. The molecule has 0 aromatic heterocycles. The molecule has 0 saturated carbocycles. The smallest absolute Gasteiger partial charge is 0.387 e. The predicted molar refractivity (Wildman–Crippen MR) is 75.6 cm³/mol. The number of carbonyl (C=O) groups excluding carboxylic acids is 1. The number of urea groups is 1. The van der Waals surface area contributed by atoms with Gasteiger partial charge in [-0.05, 0) is 25.0 Å². The molecule has 1 aromatic rings. The summed E-state index contributed by atoms with van der Waals surface area (Å²) in [4.78, 5) is 11.7. The summed E-state index contributed by atoms with van der Waals surface area (Å²) in [7, 11) is 0. The second kappa shape index (κ2) is 7.21. The number of hydrogen-bond acceptors (Lipinski definition) is 3. The maximum atomic E-state index is 12.2. The maximum Gasteiger partial charge on any atom is 0.387 e. The van der Waals surface area contributed by atoms with Gasteiger partial charge in [0.1, 0.15) is 5.75 Å². The number of carbonyl (C=O) groups is 1. The molecule has 1 atom stereocenters. The molecule has 3 N–H and O–H groups in total. The van der Waals surface area contributed by atoms with Crippen LogP contribution in [0.3, 0.4) is 0 Å². The molecule has 0 aliphatic rings. The minimum Gasteiger partial charge on any atom is -0.433 e. The molecule has 0 bridgehead atoms. The molecule has 0 aliphatic carbocycles. The molecule has 7 heteroatoms. The minimum absolute atomic E-state index is 0.0361. The molecular weight excluding hydrogens is 282 g/mol. The molecule has 2 amide bonds. The lowest BCUT2D eigenvalue weighted by Crippen LogP contribution is -2.45. The van der Waals surface area contributed by atoms with Gasteiger partial charge < -0.3 is 20.5 Å². The van der Waals surface area contributed by atoms with E-state index in [2.05, 4.69) is 15.4 Å². The summed E-state index contributed by atoms with van der Waals surface area (Å²) in [5, 5.41) is 14.9. The van der Waals surface area contributed by atoms with Crippen molar-refractivity contribution in [2.45, 2.75) is 33.0 Å². The molecule has 118 valence electrons. The van der Waals surface area contributed by atoms with Crippen LogP contribution in [0.1, 0.15) is 20.8 Å². The number of hydrogen-bond donors (Lipinski definition) is 3. The van der Waals surface area contributed by atoms with Gasteiger partial charge >= 0.3 is 12.6 Å². The lowest BCUT2D eigenvalue weighted by atomic mass is 9.93. The number of alkyl halides is 2. The number of nitrogens with one attached hydrogen (secondary N) is 2. The summed E-state index contributed by atoms with van der Waals surface area (Å²) >= 11 is 0. The largest absolute Gasteiger partial charge is 0.433 e. The Kier molecular flexibility index (Phi) is 5.90. The average Bonchev–Trinajstić information content (AvgIpc) is 2.38. The highest BCUT2D eigenvalue weighted by molar-refractivity contribution is 5.90. The van der Waals surface area contributed by atoms with E-state index in [0.717, 1.165) is 0 Å². The highest BCUT2D eigenvalue weighted by Gasteiger charge is 2.25. The van der Waals surface area contributed by atoms with Crippen LogP contribution in [0.2, 0.25) is 0 Å². The third-order valence-electron chi connectivity index (χ3n) is 3.20. The van der Waals surface area contributed by atoms with Gasteiger partial charge in [-0.2, -0.15) is 8.78 Å². The topological polar surface area (TPSA) is 70.6 Å². The Labute approximate surface area is 122 Å². The van der Waals surface area contributed by atoms with Crippen molar-refractivity contribution in [1.29, 1.82) is 0 Å². The molecule has 0 saturated heterocycles. The number of rotatable bonds is 6. The Hall–Kier alpha value is -1.89. The summed E-state index contributed by atoms with van der Waals surface area (Å²) < 4.78 is 28.8. The summed E-state index contributed by atoms with van der Waals surface area (Å²) in [5.74, 6) is -0.175. The van der Waals surface area contributed by atoms with E-state index in [4.69, 9.17) is 0 Å². The molecule has 0 aliphatic heterocycles. The number of para-hydroxylation sites is 2. The predicted octanol–water partition coefficient (Wildman–Crippen LogP) is 2.82. The first-order valence-electron chi connectivity index (χ1n) is 6.53. The first-order valence-corrected chi connectivity index (χ1v) is 6.53. The van der Waals surface area contributed by atoms with Gasteiger partial charge in [0.05, 0.1) is 11.3 Å². The van der Waals surface area contributed by atoms with Crippen LogP contribution >= 0.6 is 0 Å². The fourth-order valence-corrected chi connectivity index (χ4v) is 1.40. The van der Waals surface area contributed by atoms with Crippen LogP contribution in [-0.4, -0.2) is 29.9 Å². The third kappa shape index (κ3) is 5.55. The molecule has 1 unspecified atom stereocenters. The van der Waals surface area contributed by atoms with E-state index < -0.39 is 18.2 Å².